The summed E-state index contributed by atoms with van der Waals surface area (Å²) in [6.07, 6.45) is 6.91. The molecule has 0 saturated heterocycles. The Balaban J connectivity index is 2.34. The zero-order valence-corrected chi connectivity index (χ0v) is 12.7. The number of amides is 1. The number of carboxylic acid groups (broad SMARTS) is 1. The van der Waals surface area contributed by atoms with Crippen molar-refractivity contribution in [3.05, 3.63) is 0 Å². The zero-order valence-electron chi connectivity index (χ0n) is 11.9. The van der Waals surface area contributed by atoms with Crippen molar-refractivity contribution in [1.29, 1.82) is 0 Å². The number of nitrogens with one attached hydrogen (secondary N) is 1. The molecule has 4 nitrogen and oxygen atoms in total. The molecule has 1 aliphatic carbocycles. The molecule has 0 spiro atoms. The average Bonchev–Trinajstić information content (AvgIpc) is 2.37. The van der Waals surface area contributed by atoms with E-state index in [1.807, 2.05) is 11.8 Å². The van der Waals surface area contributed by atoms with Gasteiger partial charge in [0.25, 0.3) is 0 Å². The summed E-state index contributed by atoms with van der Waals surface area (Å²) in [6, 6.07) is -0.742. The second kappa shape index (κ2) is 8.46. The summed E-state index contributed by atoms with van der Waals surface area (Å²) in [7, 11) is 0. The molecule has 1 rings (SSSR count). The van der Waals surface area contributed by atoms with Crippen LogP contribution < -0.4 is 5.32 Å². The van der Waals surface area contributed by atoms with E-state index >= 15 is 0 Å². The highest BCUT2D eigenvalue weighted by Crippen LogP contribution is 2.35. The molecule has 19 heavy (non-hydrogen) atoms. The lowest BCUT2D eigenvalue weighted by molar-refractivity contribution is -0.141. The fourth-order valence-electron chi connectivity index (χ4n) is 2.70. The van der Waals surface area contributed by atoms with E-state index in [0.717, 1.165) is 11.7 Å². The lowest BCUT2D eigenvalue weighted by Gasteiger charge is -2.30. The summed E-state index contributed by atoms with van der Waals surface area (Å²) in [6.45, 7) is 3.60. The highest BCUT2D eigenvalue weighted by atomic mass is 32.2. The van der Waals surface area contributed by atoms with E-state index in [9.17, 15) is 9.59 Å². The van der Waals surface area contributed by atoms with Crippen LogP contribution in [0.4, 0.5) is 0 Å². The summed E-state index contributed by atoms with van der Waals surface area (Å²) >= 11 is 1.89. The molecular formula is C14H25NO3S. The molecule has 2 N–H and O–H groups in total. The molecular weight excluding hydrogens is 262 g/mol. The number of hydrogen-bond donors (Lipinski definition) is 2. The molecule has 110 valence electrons. The van der Waals surface area contributed by atoms with Gasteiger partial charge in [-0.15, -0.1) is 0 Å². The predicted octanol–water partition coefficient (Wildman–Crippen LogP) is 2.67. The molecule has 1 fully saturated rings. The van der Waals surface area contributed by atoms with Crippen LogP contribution in [0.5, 0.6) is 0 Å². The molecule has 1 amide bonds. The van der Waals surface area contributed by atoms with Crippen molar-refractivity contribution in [2.45, 2.75) is 63.7 Å². The van der Waals surface area contributed by atoms with Crippen LogP contribution in [0.25, 0.3) is 0 Å². The van der Waals surface area contributed by atoms with Gasteiger partial charge in [0.15, 0.2) is 0 Å². The van der Waals surface area contributed by atoms with Crippen LogP contribution in [0.3, 0.4) is 0 Å². The maximum absolute atomic E-state index is 11.0. The topological polar surface area (TPSA) is 66.4 Å². The molecule has 0 aromatic heterocycles. The number of carbonyl (C=O) groups is 2. The third kappa shape index (κ3) is 5.85. The summed E-state index contributed by atoms with van der Waals surface area (Å²) < 4.78 is 0. The molecule has 0 radical (unpaired) electrons. The fraction of sp³-hybridized carbons (Fsp3) is 0.857. The Morgan fingerprint density at radius 2 is 2.05 bits per heavy atom. The number of hydrogen-bond acceptors (Lipinski definition) is 3. The first-order chi connectivity index (χ1) is 9.04. The quantitative estimate of drug-likeness (QED) is 0.755. The zero-order chi connectivity index (χ0) is 14.3. The van der Waals surface area contributed by atoms with Gasteiger partial charge in [0.1, 0.15) is 6.04 Å². The number of carbonyl (C=O) groups excluding carboxylic acids is 1. The molecule has 0 aromatic rings. The van der Waals surface area contributed by atoms with Crippen LogP contribution in [-0.2, 0) is 9.59 Å². The second-order valence-corrected chi connectivity index (χ2v) is 6.59. The molecule has 0 bridgehead atoms. The Bertz CT molecular complexity index is 309. The predicted molar refractivity (Wildman–Crippen MR) is 78.4 cm³/mol. The van der Waals surface area contributed by atoms with Gasteiger partial charge < -0.3 is 10.4 Å². The second-order valence-electron chi connectivity index (χ2n) is 5.24. The largest absolute Gasteiger partial charge is 0.480 e. The lowest BCUT2D eigenvalue weighted by atomic mass is 9.87. The first-order valence-electron chi connectivity index (χ1n) is 7.16. The highest BCUT2D eigenvalue weighted by molar-refractivity contribution is 7.99. The smallest absolute Gasteiger partial charge is 0.326 e. The van der Waals surface area contributed by atoms with E-state index in [2.05, 4.69) is 12.2 Å². The monoisotopic (exact) mass is 287 g/mol. The molecule has 0 aromatic carbocycles. The van der Waals surface area contributed by atoms with Gasteiger partial charge in [-0.25, -0.2) is 4.79 Å². The van der Waals surface area contributed by atoms with Crippen LogP contribution >= 0.6 is 11.8 Å². The third-order valence-electron chi connectivity index (χ3n) is 3.78. The minimum Gasteiger partial charge on any atom is -0.480 e. The third-order valence-corrected chi connectivity index (χ3v) is 5.30. The number of carboxylic acids is 1. The van der Waals surface area contributed by atoms with Crippen molar-refractivity contribution in [1.82, 2.24) is 5.32 Å². The first-order valence-corrected chi connectivity index (χ1v) is 8.21. The van der Waals surface area contributed by atoms with Crippen LogP contribution in [0, 0.1) is 5.92 Å². The van der Waals surface area contributed by atoms with E-state index in [1.165, 1.54) is 39.0 Å². The van der Waals surface area contributed by atoms with E-state index in [1.54, 1.807) is 0 Å². The van der Waals surface area contributed by atoms with Crippen molar-refractivity contribution >= 4 is 23.6 Å². The van der Waals surface area contributed by atoms with Crippen LogP contribution in [-0.4, -0.2) is 34.0 Å². The Morgan fingerprint density at radius 3 is 2.63 bits per heavy atom. The van der Waals surface area contributed by atoms with Crippen LogP contribution in [0.2, 0.25) is 0 Å². The summed E-state index contributed by atoms with van der Waals surface area (Å²) in [5.41, 5.74) is 0. The Kier molecular flexibility index (Phi) is 7.28. The van der Waals surface area contributed by atoms with Gasteiger partial charge in [0.05, 0.1) is 0 Å². The van der Waals surface area contributed by atoms with E-state index < -0.39 is 12.0 Å². The Hall–Kier alpha value is -0.710. The maximum Gasteiger partial charge on any atom is 0.326 e. The molecule has 5 heteroatoms. The van der Waals surface area contributed by atoms with Gasteiger partial charge >= 0.3 is 5.97 Å². The number of rotatable bonds is 7. The molecule has 0 heterocycles. The van der Waals surface area contributed by atoms with Crippen molar-refractivity contribution in [2.75, 3.05) is 5.75 Å². The van der Waals surface area contributed by atoms with Gasteiger partial charge in [-0.3, -0.25) is 4.79 Å². The number of aliphatic carboxylic acids is 1. The fourth-order valence-corrected chi connectivity index (χ4v) is 4.31. The molecule has 1 aliphatic rings. The van der Waals surface area contributed by atoms with Crippen molar-refractivity contribution < 1.29 is 14.7 Å². The first kappa shape index (κ1) is 16.3. The van der Waals surface area contributed by atoms with E-state index in [4.69, 9.17) is 5.11 Å². The molecule has 0 aliphatic heterocycles. The van der Waals surface area contributed by atoms with Gasteiger partial charge in [-0.05, 0) is 30.9 Å². The average molecular weight is 287 g/mol. The summed E-state index contributed by atoms with van der Waals surface area (Å²) in [5.74, 6) is 0.370. The summed E-state index contributed by atoms with van der Waals surface area (Å²) in [5, 5.41) is 12.2. The minimum atomic E-state index is -0.938. The van der Waals surface area contributed by atoms with Gasteiger partial charge in [-0.1, -0.05) is 26.2 Å². The molecule has 3 atom stereocenters. The lowest BCUT2D eigenvalue weighted by Crippen LogP contribution is -2.40. The van der Waals surface area contributed by atoms with E-state index in [-0.39, 0.29) is 5.91 Å². The Labute approximate surface area is 119 Å². The minimum absolute atomic E-state index is 0.276. The number of thioether (sulfide) groups is 1. The van der Waals surface area contributed by atoms with Crippen molar-refractivity contribution in [2.24, 2.45) is 5.92 Å². The van der Waals surface area contributed by atoms with Crippen molar-refractivity contribution in [3.63, 3.8) is 0 Å². The van der Waals surface area contributed by atoms with Crippen LogP contribution in [0.1, 0.15) is 52.4 Å². The van der Waals surface area contributed by atoms with Gasteiger partial charge in [0, 0.05) is 12.2 Å². The highest BCUT2D eigenvalue weighted by Gasteiger charge is 2.25. The summed E-state index contributed by atoms with van der Waals surface area (Å²) in [4.78, 5) is 22.0. The van der Waals surface area contributed by atoms with E-state index in [0.29, 0.717) is 11.7 Å². The van der Waals surface area contributed by atoms with Gasteiger partial charge in [0.2, 0.25) is 5.91 Å². The Morgan fingerprint density at radius 1 is 1.37 bits per heavy atom. The SMILES string of the molecule is CCC1CCCCC1SCCC(NC(C)=O)C(=O)O. The maximum atomic E-state index is 11.0. The standard InChI is InChI=1S/C14H25NO3S/c1-3-11-6-4-5-7-13(11)19-9-8-12(14(17)18)15-10(2)16/h11-13H,3-9H2,1-2H3,(H,15,16)(H,17,18). The van der Waals surface area contributed by atoms with Crippen molar-refractivity contribution in [3.8, 4) is 0 Å². The van der Waals surface area contributed by atoms with Gasteiger partial charge in [-0.2, -0.15) is 11.8 Å². The van der Waals surface area contributed by atoms with Crippen LogP contribution in [0.15, 0.2) is 0 Å². The normalized spacial score (nSPS) is 24.7. The molecule has 1 saturated carbocycles. The molecule has 3 unspecified atom stereocenters.